The molecule has 0 fully saturated rings. The highest BCUT2D eigenvalue weighted by atomic mass is 79.9. The summed E-state index contributed by atoms with van der Waals surface area (Å²) >= 11 is 3.36. The Bertz CT molecular complexity index is 793. The minimum Gasteiger partial charge on any atom is -0.480 e. The minimum absolute atomic E-state index is 0.0273. The summed E-state index contributed by atoms with van der Waals surface area (Å²) in [5.41, 5.74) is 1.82. The maximum atomic E-state index is 12.5. The molecule has 0 radical (unpaired) electrons. The summed E-state index contributed by atoms with van der Waals surface area (Å²) in [4.78, 5) is 11.3. The van der Waals surface area contributed by atoms with Gasteiger partial charge >= 0.3 is 5.97 Å². The van der Waals surface area contributed by atoms with E-state index in [1.165, 1.54) is 12.1 Å². The Balaban J connectivity index is 2.38. The molecule has 0 heterocycles. The molecule has 0 bridgehead atoms. The van der Waals surface area contributed by atoms with E-state index in [0.29, 0.717) is 0 Å². The normalized spacial score (nSPS) is 13.0. The molecule has 0 amide bonds. The maximum absolute atomic E-state index is 12.5. The third-order valence-electron chi connectivity index (χ3n) is 3.54. The second kappa shape index (κ2) is 6.84. The van der Waals surface area contributed by atoms with Gasteiger partial charge in [0.15, 0.2) is 15.1 Å². The van der Waals surface area contributed by atoms with E-state index in [4.69, 9.17) is 0 Å². The minimum atomic E-state index is -3.91. The van der Waals surface area contributed by atoms with Crippen molar-refractivity contribution in [1.29, 1.82) is 0 Å². The van der Waals surface area contributed by atoms with E-state index in [0.717, 1.165) is 15.6 Å². The summed E-state index contributed by atoms with van der Waals surface area (Å²) in [6.07, 6.45) is 0. The molecule has 1 N–H and O–H groups in total. The van der Waals surface area contributed by atoms with Gasteiger partial charge in [-0.2, -0.15) is 0 Å². The Morgan fingerprint density at radius 3 is 1.78 bits per heavy atom. The number of carboxylic acid groups (broad SMARTS) is 1. The lowest BCUT2D eigenvalue weighted by molar-refractivity contribution is -0.137. The van der Waals surface area contributed by atoms with Crippen LogP contribution in [-0.2, 0) is 14.6 Å². The zero-order chi connectivity index (χ0) is 17.2. The molecular formula is C17H17BrO4S. The van der Waals surface area contributed by atoms with Crippen molar-refractivity contribution in [1.82, 2.24) is 0 Å². The first-order valence-corrected chi connectivity index (χ1v) is 9.40. The van der Waals surface area contributed by atoms with Crippen molar-refractivity contribution in [2.75, 3.05) is 0 Å². The van der Waals surface area contributed by atoms with E-state index >= 15 is 0 Å². The predicted molar refractivity (Wildman–Crippen MR) is 93.0 cm³/mol. The molecule has 0 saturated carbocycles. The molecule has 1 atom stereocenters. The van der Waals surface area contributed by atoms with E-state index in [9.17, 15) is 18.3 Å². The highest BCUT2D eigenvalue weighted by molar-refractivity contribution is 9.10. The van der Waals surface area contributed by atoms with Crippen LogP contribution in [-0.4, -0.2) is 24.7 Å². The largest absolute Gasteiger partial charge is 0.480 e. The molecule has 0 aliphatic rings. The number of carbonyl (C=O) groups is 1. The highest BCUT2D eigenvalue weighted by Gasteiger charge is 2.36. The van der Waals surface area contributed by atoms with Crippen molar-refractivity contribution in [3.05, 3.63) is 53.0 Å². The summed E-state index contributed by atoms with van der Waals surface area (Å²) in [5.74, 6) is -1.83. The second-order valence-electron chi connectivity index (χ2n) is 5.58. The molecule has 0 spiro atoms. The summed E-state index contributed by atoms with van der Waals surface area (Å²) in [6, 6.07) is 13.9. The topological polar surface area (TPSA) is 71.4 Å². The van der Waals surface area contributed by atoms with Crippen molar-refractivity contribution >= 4 is 31.7 Å². The van der Waals surface area contributed by atoms with Crippen LogP contribution in [0.2, 0.25) is 0 Å². The molecular weight excluding hydrogens is 380 g/mol. The lowest BCUT2D eigenvalue weighted by Gasteiger charge is -2.17. The SMILES string of the molecule is CC(C)C(C(=O)O)S(=O)(=O)c1ccc(-c2ccc(Br)cc2)cc1. The van der Waals surface area contributed by atoms with Crippen LogP contribution in [0.5, 0.6) is 0 Å². The van der Waals surface area contributed by atoms with Crippen molar-refractivity contribution in [2.45, 2.75) is 24.0 Å². The van der Waals surface area contributed by atoms with Crippen LogP contribution in [0.3, 0.4) is 0 Å². The van der Waals surface area contributed by atoms with Gasteiger partial charge in [-0.15, -0.1) is 0 Å². The molecule has 122 valence electrons. The standard InChI is InChI=1S/C17H17BrO4S/c1-11(2)16(17(19)20)23(21,22)15-9-5-13(6-10-15)12-3-7-14(18)8-4-12/h3-11,16H,1-2H3,(H,19,20). The Morgan fingerprint density at radius 1 is 0.957 bits per heavy atom. The van der Waals surface area contributed by atoms with Crippen LogP contribution in [0.1, 0.15) is 13.8 Å². The number of halogens is 1. The fraction of sp³-hybridized carbons (Fsp3) is 0.235. The van der Waals surface area contributed by atoms with Crippen molar-refractivity contribution in [2.24, 2.45) is 5.92 Å². The first kappa shape index (κ1) is 17.7. The smallest absolute Gasteiger partial charge is 0.322 e. The molecule has 4 nitrogen and oxygen atoms in total. The number of hydrogen-bond donors (Lipinski definition) is 1. The second-order valence-corrected chi connectivity index (χ2v) is 8.56. The molecule has 0 saturated heterocycles. The van der Waals surface area contributed by atoms with Gasteiger partial charge in [-0.1, -0.05) is 54.0 Å². The van der Waals surface area contributed by atoms with Crippen LogP contribution in [0.25, 0.3) is 11.1 Å². The highest BCUT2D eigenvalue weighted by Crippen LogP contribution is 2.26. The fourth-order valence-corrected chi connectivity index (χ4v) is 4.46. The van der Waals surface area contributed by atoms with Gasteiger partial charge in [0.25, 0.3) is 0 Å². The summed E-state index contributed by atoms with van der Waals surface area (Å²) in [6.45, 7) is 3.18. The summed E-state index contributed by atoms with van der Waals surface area (Å²) in [7, 11) is -3.91. The molecule has 23 heavy (non-hydrogen) atoms. The van der Waals surface area contributed by atoms with E-state index in [1.54, 1.807) is 26.0 Å². The van der Waals surface area contributed by atoms with E-state index in [-0.39, 0.29) is 4.90 Å². The van der Waals surface area contributed by atoms with Gasteiger partial charge in [-0.3, -0.25) is 4.79 Å². The van der Waals surface area contributed by atoms with Crippen LogP contribution in [0.15, 0.2) is 57.9 Å². The third-order valence-corrected chi connectivity index (χ3v) is 6.42. The van der Waals surface area contributed by atoms with Crippen molar-refractivity contribution in [3.8, 4) is 11.1 Å². The molecule has 1 unspecified atom stereocenters. The van der Waals surface area contributed by atoms with Crippen LogP contribution < -0.4 is 0 Å². The number of rotatable bonds is 5. The van der Waals surface area contributed by atoms with Gasteiger partial charge in [-0.05, 0) is 41.3 Å². The predicted octanol–water partition coefficient (Wildman–Crippen LogP) is 4.00. The van der Waals surface area contributed by atoms with Gasteiger partial charge in [-0.25, -0.2) is 8.42 Å². The lowest BCUT2D eigenvalue weighted by Crippen LogP contribution is -2.34. The Hall–Kier alpha value is -1.66. The number of sulfone groups is 1. The molecule has 0 aliphatic heterocycles. The average Bonchev–Trinajstić information content (AvgIpc) is 2.47. The van der Waals surface area contributed by atoms with Crippen LogP contribution in [0.4, 0.5) is 0 Å². The third kappa shape index (κ3) is 3.82. The van der Waals surface area contributed by atoms with Gasteiger partial charge in [0, 0.05) is 4.47 Å². The Labute approximate surface area is 144 Å². The Morgan fingerprint density at radius 2 is 1.39 bits per heavy atom. The summed E-state index contributed by atoms with van der Waals surface area (Å²) < 4.78 is 26.0. The fourth-order valence-electron chi connectivity index (χ4n) is 2.40. The number of carboxylic acids is 1. The molecule has 2 rings (SSSR count). The van der Waals surface area contributed by atoms with E-state index < -0.39 is 27.0 Å². The molecule has 6 heteroatoms. The zero-order valence-electron chi connectivity index (χ0n) is 12.7. The van der Waals surface area contributed by atoms with E-state index in [1.807, 2.05) is 24.3 Å². The first-order valence-electron chi connectivity index (χ1n) is 7.06. The number of hydrogen-bond acceptors (Lipinski definition) is 3. The Kier molecular flexibility index (Phi) is 5.26. The quantitative estimate of drug-likeness (QED) is 0.828. The van der Waals surface area contributed by atoms with Crippen molar-refractivity contribution < 1.29 is 18.3 Å². The van der Waals surface area contributed by atoms with Crippen LogP contribution in [0, 0.1) is 5.92 Å². The van der Waals surface area contributed by atoms with Gasteiger partial charge < -0.3 is 5.11 Å². The van der Waals surface area contributed by atoms with Gasteiger partial charge in [0.05, 0.1) is 4.90 Å². The molecule has 0 aliphatic carbocycles. The zero-order valence-corrected chi connectivity index (χ0v) is 15.1. The van der Waals surface area contributed by atoms with Gasteiger partial charge in [0.2, 0.25) is 0 Å². The van der Waals surface area contributed by atoms with Crippen LogP contribution >= 0.6 is 15.9 Å². The number of benzene rings is 2. The monoisotopic (exact) mass is 396 g/mol. The van der Waals surface area contributed by atoms with E-state index in [2.05, 4.69) is 15.9 Å². The number of aliphatic carboxylic acids is 1. The molecule has 0 aromatic heterocycles. The van der Waals surface area contributed by atoms with Gasteiger partial charge in [0.1, 0.15) is 0 Å². The maximum Gasteiger partial charge on any atom is 0.322 e. The molecule has 2 aromatic carbocycles. The lowest BCUT2D eigenvalue weighted by atomic mass is 10.1. The van der Waals surface area contributed by atoms with Crippen molar-refractivity contribution in [3.63, 3.8) is 0 Å². The first-order chi connectivity index (χ1) is 10.7. The molecule has 2 aromatic rings. The summed E-state index contributed by atoms with van der Waals surface area (Å²) in [5, 5.41) is 7.77. The average molecular weight is 397 g/mol.